The fourth-order valence-corrected chi connectivity index (χ4v) is 3.44. The molecule has 0 radical (unpaired) electrons. The van der Waals surface area contributed by atoms with Crippen molar-refractivity contribution < 1.29 is 19.1 Å². The molecule has 2 saturated heterocycles. The van der Waals surface area contributed by atoms with Crippen LogP contribution in [0.4, 0.5) is 0 Å². The first-order chi connectivity index (χ1) is 11.9. The van der Waals surface area contributed by atoms with Gasteiger partial charge in [0.1, 0.15) is 0 Å². The van der Waals surface area contributed by atoms with E-state index in [-0.39, 0.29) is 23.7 Å². The molecular weight excluding hydrogens is 344 g/mol. The lowest BCUT2D eigenvalue weighted by molar-refractivity contribution is -0.139. The third-order valence-corrected chi connectivity index (χ3v) is 5.54. The van der Waals surface area contributed by atoms with Gasteiger partial charge >= 0.3 is 0 Å². The summed E-state index contributed by atoms with van der Waals surface area (Å²) in [6.45, 7) is 12.5. The van der Waals surface area contributed by atoms with E-state index in [1.54, 1.807) is 4.90 Å². The molecule has 0 N–H and O–H groups in total. The third-order valence-electron chi connectivity index (χ3n) is 4.85. The molecule has 0 aliphatic carbocycles. The average Bonchev–Trinajstić information content (AvgIpc) is 2.66. The third kappa shape index (κ3) is 5.43. The van der Waals surface area contributed by atoms with Gasteiger partial charge in [-0.05, 0) is 6.42 Å². The number of nitrogens with zero attached hydrogens (tertiary/aromatic N) is 2. The number of ether oxygens (including phenoxy) is 2. The van der Waals surface area contributed by atoms with Gasteiger partial charge in [-0.15, -0.1) is 11.6 Å². The molecule has 2 fully saturated rings. The zero-order valence-electron chi connectivity index (χ0n) is 15.2. The van der Waals surface area contributed by atoms with Gasteiger partial charge in [-0.1, -0.05) is 26.0 Å². The fraction of sp³-hybridized carbons (Fsp3) is 0.778. The summed E-state index contributed by atoms with van der Waals surface area (Å²) in [5, 5.41) is -0.477. The summed E-state index contributed by atoms with van der Waals surface area (Å²) in [4.78, 5) is 28.7. The van der Waals surface area contributed by atoms with E-state index in [2.05, 4.69) is 6.58 Å². The molecule has 7 heteroatoms. The molecule has 2 heterocycles. The highest BCUT2D eigenvalue weighted by atomic mass is 35.5. The van der Waals surface area contributed by atoms with Crippen LogP contribution in [0.1, 0.15) is 20.3 Å². The molecular formula is C18H29ClN2O4. The maximum atomic E-state index is 12.6. The van der Waals surface area contributed by atoms with Crippen LogP contribution in [0, 0.1) is 11.8 Å². The summed E-state index contributed by atoms with van der Waals surface area (Å²) < 4.78 is 10.6. The van der Waals surface area contributed by atoms with E-state index in [9.17, 15) is 9.59 Å². The van der Waals surface area contributed by atoms with Crippen LogP contribution in [0.3, 0.4) is 0 Å². The van der Waals surface area contributed by atoms with Crippen LogP contribution in [-0.2, 0) is 19.1 Å². The minimum atomic E-state index is -0.477. The van der Waals surface area contributed by atoms with Gasteiger partial charge in [0.2, 0.25) is 11.8 Å². The molecule has 0 aromatic carbocycles. The van der Waals surface area contributed by atoms with Crippen LogP contribution < -0.4 is 0 Å². The van der Waals surface area contributed by atoms with Crippen LogP contribution in [0.15, 0.2) is 12.2 Å². The molecule has 3 atom stereocenters. The molecule has 0 bridgehead atoms. The topological polar surface area (TPSA) is 59.1 Å². The lowest BCUT2D eigenvalue weighted by Crippen LogP contribution is -2.45. The molecule has 2 aliphatic heterocycles. The monoisotopic (exact) mass is 372 g/mol. The Bertz CT molecular complexity index is 487. The molecule has 0 spiro atoms. The molecule has 6 nitrogen and oxygen atoms in total. The summed E-state index contributed by atoms with van der Waals surface area (Å²) in [6, 6.07) is 0. The molecule has 0 unspecified atom stereocenters. The normalized spacial score (nSPS) is 22.2. The molecule has 2 amide bonds. The van der Waals surface area contributed by atoms with E-state index >= 15 is 0 Å². The van der Waals surface area contributed by atoms with Crippen LogP contribution >= 0.6 is 11.6 Å². The van der Waals surface area contributed by atoms with E-state index < -0.39 is 5.38 Å². The minimum absolute atomic E-state index is 0.0246. The Hall–Kier alpha value is -1.11. The Morgan fingerprint density at radius 2 is 1.40 bits per heavy atom. The lowest BCUT2D eigenvalue weighted by atomic mass is 9.92. The molecule has 0 aromatic rings. The van der Waals surface area contributed by atoms with Crippen molar-refractivity contribution in [3.8, 4) is 0 Å². The largest absolute Gasteiger partial charge is 0.378 e. The highest BCUT2D eigenvalue weighted by molar-refractivity contribution is 6.23. The Balaban J connectivity index is 1.85. The Labute approximate surface area is 155 Å². The number of amides is 2. The maximum absolute atomic E-state index is 12.6. The van der Waals surface area contributed by atoms with Crippen molar-refractivity contribution in [3.05, 3.63) is 12.2 Å². The summed E-state index contributed by atoms with van der Waals surface area (Å²) >= 11 is 6.51. The molecule has 0 aromatic heterocycles. The zero-order valence-corrected chi connectivity index (χ0v) is 16.0. The minimum Gasteiger partial charge on any atom is -0.378 e. The van der Waals surface area contributed by atoms with E-state index in [4.69, 9.17) is 21.1 Å². The van der Waals surface area contributed by atoms with Crippen LogP contribution in [0.2, 0.25) is 0 Å². The van der Waals surface area contributed by atoms with Crippen LogP contribution in [0.25, 0.3) is 0 Å². The molecule has 0 saturated carbocycles. The smallest absolute Gasteiger partial charge is 0.227 e. The number of rotatable bonds is 6. The maximum Gasteiger partial charge on any atom is 0.227 e. The zero-order chi connectivity index (χ0) is 18.4. The van der Waals surface area contributed by atoms with Crippen molar-refractivity contribution in [3.63, 3.8) is 0 Å². The quantitative estimate of drug-likeness (QED) is 0.524. The van der Waals surface area contributed by atoms with Crippen molar-refractivity contribution in [2.45, 2.75) is 25.6 Å². The molecule has 2 aliphatic rings. The summed E-state index contributed by atoms with van der Waals surface area (Å²) in [5.41, 5.74) is 0.741. The summed E-state index contributed by atoms with van der Waals surface area (Å²) in [6.07, 6.45) is 0.491. The van der Waals surface area contributed by atoms with Crippen molar-refractivity contribution in [1.82, 2.24) is 9.80 Å². The standard InChI is InChI=1S/C18H29ClN2O4/c1-13(12-14(2)17(22)20-4-8-24-9-5-20)16(19)15(3)18(23)21-6-10-25-11-7-21/h14-16H,1,4-12H2,2-3H3/t14-,15-,16+/m1/s1. The predicted octanol–water partition coefficient (Wildman–Crippen LogP) is 1.53. The fourth-order valence-electron chi connectivity index (χ4n) is 3.24. The van der Waals surface area contributed by atoms with E-state index in [0.29, 0.717) is 59.0 Å². The number of morpholine rings is 2. The molecule has 142 valence electrons. The number of halogens is 1. The number of carbonyl (C=O) groups is 2. The number of hydrogen-bond acceptors (Lipinski definition) is 4. The first-order valence-electron chi connectivity index (χ1n) is 8.96. The van der Waals surface area contributed by atoms with Gasteiger partial charge in [0, 0.05) is 32.1 Å². The highest BCUT2D eigenvalue weighted by Gasteiger charge is 2.31. The second kappa shape index (κ2) is 9.55. The van der Waals surface area contributed by atoms with Gasteiger partial charge in [-0.2, -0.15) is 0 Å². The van der Waals surface area contributed by atoms with Gasteiger partial charge in [-0.3, -0.25) is 9.59 Å². The van der Waals surface area contributed by atoms with Gasteiger partial charge in [-0.25, -0.2) is 0 Å². The van der Waals surface area contributed by atoms with Crippen LogP contribution in [0.5, 0.6) is 0 Å². The summed E-state index contributed by atoms with van der Waals surface area (Å²) in [5.74, 6) is -0.437. The number of allylic oxidation sites excluding steroid dienone is 1. The summed E-state index contributed by atoms with van der Waals surface area (Å²) in [7, 11) is 0. The Kier molecular flexibility index (Phi) is 7.72. The van der Waals surface area contributed by atoms with Crippen molar-refractivity contribution >= 4 is 23.4 Å². The van der Waals surface area contributed by atoms with Gasteiger partial charge < -0.3 is 19.3 Å². The molecule has 2 rings (SSSR count). The lowest BCUT2D eigenvalue weighted by Gasteiger charge is -2.32. The van der Waals surface area contributed by atoms with E-state index in [1.807, 2.05) is 18.7 Å². The second-order valence-corrected chi connectivity index (χ2v) is 7.30. The SMILES string of the molecule is C=C(C[C@@H](C)C(=O)N1CCOCC1)[C@H](Cl)[C@@H](C)C(=O)N1CCOCC1. The van der Waals surface area contributed by atoms with Gasteiger partial charge in [0.15, 0.2) is 0 Å². The first kappa shape index (κ1) is 20.2. The Morgan fingerprint density at radius 3 is 1.88 bits per heavy atom. The Morgan fingerprint density at radius 1 is 0.960 bits per heavy atom. The highest BCUT2D eigenvalue weighted by Crippen LogP contribution is 2.26. The predicted molar refractivity (Wildman–Crippen MR) is 96.5 cm³/mol. The van der Waals surface area contributed by atoms with Crippen molar-refractivity contribution in [2.24, 2.45) is 11.8 Å². The second-order valence-electron chi connectivity index (χ2n) is 6.83. The van der Waals surface area contributed by atoms with Crippen molar-refractivity contribution in [1.29, 1.82) is 0 Å². The van der Waals surface area contributed by atoms with Crippen LogP contribution in [-0.4, -0.2) is 79.6 Å². The van der Waals surface area contributed by atoms with E-state index in [0.717, 1.165) is 5.57 Å². The van der Waals surface area contributed by atoms with E-state index in [1.165, 1.54) is 0 Å². The number of alkyl halides is 1. The van der Waals surface area contributed by atoms with Crippen molar-refractivity contribution in [2.75, 3.05) is 52.6 Å². The van der Waals surface area contributed by atoms with Gasteiger partial charge in [0.05, 0.1) is 37.7 Å². The average molecular weight is 373 g/mol. The van der Waals surface area contributed by atoms with Gasteiger partial charge in [0.25, 0.3) is 0 Å². The first-order valence-corrected chi connectivity index (χ1v) is 9.40. The number of carbonyl (C=O) groups excluding carboxylic acids is 2. The number of hydrogen-bond donors (Lipinski definition) is 0. The molecule has 25 heavy (non-hydrogen) atoms.